The van der Waals surface area contributed by atoms with Gasteiger partial charge in [-0.3, -0.25) is 25.4 Å². The average Bonchev–Trinajstić information content (AvgIpc) is 2.42. The van der Waals surface area contributed by atoms with E-state index in [9.17, 15) is 9.59 Å². The molecule has 0 aliphatic carbocycles. The van der Waals surface area contributed by atoms with Crippen LogP contribution in [0, 0.1) is 0 Å². The second-order valence-corrected chi connectivity index (χ2v) is 4.05. The number of hydrogen-bond donors (Lipinski definition) is 2. The van der Waals surface area contributed by atoms with Crippen LogP contribution < -0.4 is 10.9 Å². The van der Waals surface area contributed by atoms with Crippen molar-refractivity contribution in [2.75, 3.05) is 0 Å². The molecule has 1 rings (SSSR count). The molecular formula is C13H19N3O2. The quantitative estimate of drug-likeness (QED) is 0.596. The monoisotopic (exact) mass is 249 g/mol. The number of nitrogens with zero attached hydrogens (tertiary/aromatic N) is 1. The highest BCUT2D eigenvalue weighted by Crippen LogP contribution is 2.01. The Morgan fingerprint density at radius 1 is 1.11 bits per heavy atom. The molecule has 5 nitrogen and oxygen atoms in total. The van der Waals surface area contributed by atoms with E-state index < -0.39 is 0 Å². The summed E-state index contributed by atoms with van der Waals surface area (Å²) in [6, 6.07) is 3.17. The van der Waals surface area contributed by atoms with Crippen molar-refractivity contribution < 1.29 is 9.59 Å². The summed E-state index contributed by atoms with van der Waals surface area (Å²) in [4.78, 5) is 26.8. The maximum Gasteiger partial charge on any atom is 0.269 e. The summed E-state index contributed by atoms with van der Waals surface area (Å²) in [7, 11) is 0. The maximum atomic E-state index is 11.6. The van der Waals surface area contributed by atoms with Gasteiger partial charge < -0.3 is 0 Å². The first kappa shape index (κ1) is 14.2. The van der Waals surface area contributed by atoms with E-state index in [2.05, 4.69) is 22.8 Å². The van der Waals surface area contributed by atoms with E-state index in [1.54, 1.807) is 12.1 Å². The van der Waals surface area contributed by atoms with E-state index in [1.807, 2.05) is 0 Å². The Morgan fingerprint density at radius 3 is 2.50 bits per heavy atom. The Bertz CT molecular complexity index is 379. The van der Waals surface area contributed by atoms with Gasteiger partial charge in [-0.2, -0.15) is 0 Å². The Morgan fingerprint density at radius 2 is 1.83 bits per heavy atom. The van der Waals surface area contributed by atoms with Crippen molar-refractivity contribution in [2.24, 2.45) is 0 Å². The van der Waals surface area contributed by atoms with E-state index in [0.29, 0.717) is 12.0 Å². The molecule has 5 heteroatoms. The van der Waals surface area contributed by atoms with Gasteiger partial charge in [-0.1, -0.05) is 26.2 Å². The molecule has 0 spiro atoms. The van der Waals surface area contributed by atoms with Crippen LogP contribution in [0.3, 0.4) is 0 Å². The van der Waals surface area contributed by atoms with Gasteiger partial charge in [0, 0.05) is 24.4 Å². The van der Waals surface area contributed by atoms with Crippen LogP contribution in [0.25, 0.3) is 0 Å². The number of rotatable bonds is 6. The fraction of sp³-hybridized carbons (Fsp3) is 0.462. The lowest BCUT2D eigenvalue weighted by atomic mass is 10.1. The molecule has 0 saturated heterocycles. The first-order valence-electron chi connectivity index (χ1n) is 6.23. The maximum absolute atomic E-state index is 11.6. The summed E-state index contributed by atoms with van der Waals surface area (Å²) in [5.74, 6) is -0.493. The van der Waals surface area contributed by atoms with Crippen molar-refractivity contribution in [1.82, 2.24) is 15.8 Å². The lowest BCUT2D eigenvalue weighted by Crippen LogP contribution is -2.41. The third-order valence-corrected chi connectivity index (χ3v) is 2.52. The summed E-state index contributed by atoms with van der Waals surface area (Å²) in [5, 5.41) is 0. The second kappa shape index (κ2) is 8.22. The molecule has 98 valence electrons. The molecule has 0 bridgehead atoms. The highest BCUT2D eigenvalue weighted by molar-refractivity contribution is 5.95. The lowest BCUT2D eigenvalue weighted by Gasteiger charge is -2.06. The first-order valence-corrected chi connectivity index (χ1v) is 6.23. The van der Waals surface area contributed by atoms with Crippen LogP contribution >= 0.6 is 0 Å². The van der Waals surface area contributed by atoms with Gasteiger partial charge in [0.25, 0.3) is 5.91 Å². The topological polar surface area (TPSA) is 71.1 Å². The molecule has 0 aliphatic heterocycles. The zero-order valence-corrected chi connectivity index (χ0v) is 10.6. The fourth-order valence-corrected chi connectivity index (χ4v) is 1.48. The highest BCUT2D eigenvalue weighted by Gasteiger charge is 2.06. The number of carbonyl (C=O) groups is 2. The molecule has 1 heterocycles. The zero-order chi connectivity index (χ0) is 13.2. The molecule has 0 saturated carbocycles. The molecule has 0 atom stereocenters. The van der Waals surface area contributed by atoms with Crippen LogP contribution in [0.4, 0.5) is 0 Å². The fourth-order valence-electron chi connectivity index (χ4n) is 1.48. The summed E-state index contributed by atoms with van der Waals surface area (Å²) < 4.78 is 0. The van der Waals surface area contributed by atoms with Gasteiger partial charge in [-0.15, -0.1) is 0 Å². The number of hydrogen-bond acceptors (Lipinski definition) is 3. The molecule has 0 aliphatic rings. The number of amides is 2. The van der Waals surface area contributed by atoms with Crippen molar-refractivity contribution in [1.29, 1.82) is 0 Å². The van der Waals surface area contributed by atoms with Crippen molar-refractivity contribution in [3.8, 4) is 0 Å². The van der Waals surface area contributed by atoms with Crippen molar-refractivity contribution in [3.05, 3.63) is 30.1 Å². The largest absolute Gasteiger partial charge is 0.273 e. The molecule has 18 heavy (non-hydrogen) atoms. The van der Waals surface area contributed by atoms with Crippen LogP contribution in [-0.4, -0.2) is 16.8 Å². The summed E-state index contributed by atoms with van der Waals surface area (Å²) in [6.45, 7) is 2.12. The van der Waals surface area contributed by atoms with E-state index in [1.165, 1.54) is 12.4 Å². The summed E-state index contributed by atoms with van der Waals surface area (Å²) in [5.41, 5.74) is 5.24. The average molecular weight is 249 g/mol. The van der Waals surface area contributed by atoms with Crippen LogP contribution in [0.2, 0.25) is 0 Å². The minimum Gasteiger partial charge on any atom is -0.273 e. The molecule has 2 amide bonds. The van der Waals surface area contributed by atoms with Crippen LogP contribution in [0.1, 0.15) is 49.4 Å². The number of pyridine rings is 1. The summed E-state index contributed by atoms with van der Waals surface area (Å²) >= 11 is 0. The van der Waals surface area contributed by atoms with Gasteiger partial charge in [0.1, 0.15) is 0 Å². The second-order valence-electron chi connectivity index (χ2n) is 4.05. The van der Waals surface area contributed by atoms with Crippen molar-refractivity contribution in [2.45, 2.75) is 39.0 Å². The van der Waals surface area contributed by atoms with E-state index >= 15 is 0 Å². The van der Waals surface area contributed by atoms with Crippen LogP contribution in [0.15, 0.2) is 24.5 Å². The predicted molar refractivity (Wildman–Crippen MR) is 68.6 cm³/mol. The smallest absolute Gasteiger partial charge is 0.269 e. The van der Waals surface area contributed by atoms with E-state index in [4.69, 9.17) is 0 Å². The first-order chi connectivity index (χ1) is 8.74. The number of aromatic nitrogens is 1. The third kappa shape index (κ3) is 5.43. The highest BCUT2D eigenvalue weighted by atomic mass is 16.2. The number of carbonyl (C=O) groups excluding carboxylic acids is 2. The Balaban J connectivity index is 2.20. The lowest BCUT2D eigenvalue weighted by molar-refractivity contribution is -0.121. The molecule has 0 radical (unpaired) electrons. The van der Waals surface area contributed by atoms with Crippen molar-refractivity contribution in [3.63, 3.8) is 0 Å². The molecule has 0 unspecified atom stereocenters. The number of unbranched alkanes of at least 4 members (excludes halogenated alkanes) is 3. The molecule has 1 aromatic heterocycles. The van der Waals surface area contributed by atoms with Gasteiger partial charge in [-0.25, -0.2) is 0 Å². The molecule has 0 fully saturated rings. The predicted octanol–water partition coefficient (Wildman–Crippen LogP) is 1.81. The van der Waals surface area contributed by atoms with Gasteiger partial charge in [0.15, 0.2) is 0 Å². The SMILES string of the molecule is CCCCCCC(=O)NNC(=O)c1ccncc1. The minimum atomic E-state index is -0.334. The normalized spacial score (nSPS) is 9.83. The number of hydrazine groups is 1. The zero-order valence-electron chi connectivity index (χ0n) is 10.6. The van der Waals surface area contributed by atoms with E-state index in [0.717, 1.165) is 25.7 Å². The minimum absolute atomic E-state index is 0.159. The number of nitrogens with one attached hydrogen (secondary N) is 2. The van der Waals surface area contributed by atoms with E-state index in [-0.39, 0.29) is 11.8 Å². The molecular weight excluding hydrogens is 230 g/mol. The molecule has 2 N–H and O–H groups in total. The van der Waals surface area contributed by atoms with Gasteiger partial charge in [0.2, 0.25) is 5.91 Å². The third-order valence-electron chi connectivity index (χ3n) is 2.52. The van der Waals surface area contributed by atoms with Crippen LogP contribution in [-0.2, 0) is 4.79 Å². The van der Waals surface area contributed by atoms with Gasteiger partial charge >= 0.3 is 0 Å². The molecule has 0 aromatic carbocycles. The Hall–Kier alpha value is -1.91. The van der Waals surface area contributed by atoms with Gasteiger partial charge in [-0.05, 0) is 18.6 Å². The van der Waals surface area contributed by atoms with Crippen LogP contribution in [0.5, 0.6) is 0 Å². The Labute approximate surface area is 107 Å². The molecule has 1 aromatic rings. The standard InChI is InChI=1S/C13H19N3O2/c1-2-3-4-5-6-12(17)15-16-13(18)11-7-9-14-10-8-11/h7-10H,2-6H2,1H3,(H,15,17)(H,16,18). The summed E-state index contributed by atoms with van der Waals surface area (Å²) in [6.07, 6.45) is 7.67. The Kier molecular flexibility index (Phi) is 6.46. The van der Waals surface area contributed by atoms with Gasteiger partial charge in [0.05, 0.1) is 0 Å². The van der Waals surface area contributed by atoms with Crippen molar-refractivity contribution >= 4 is 11.8 Å².